The van der Waals surface area contributed by atoms with Gasteiger partial charge in [-0.1, -0.05) is 26.8 Å². The molecule has 7 nitrogen and oxygen atoms in total. The van der Waals surface area contributed by atoms with Gasteiger partial charge in [-0.05, 0) is 116 Å². The van der Waals surface area contributed by atoms with Crippen LogP contribution in [0.15, 0.2) is 24.3 Å². The first-order chi connectivity index (χ1) is 18.5. The molecule has 7 heteroatoms. The number of ether oxygens (including phenoxy) is 1. The van der Waals surface area contributed by atoms with Crippen LogP contribution >= 0.6 is 0 Å². The molecule has 39 heavy (non-hydrogen) atoms. The first-order valence-corrected chi connectivity index (χ1v) is 15.0. The Morgan fingerprint density at radius 1 is 1.08 bits per heavy atom. The number of fused-ring (bicyclic) bond motifs is 5. The average molecular weight is 542 g/mol. The third kappa shape index (κ3) is 4.93. The van der Waals surface area contributed by atoms with Gasteiger partial charge in [-0.15, -0.1) is 0 Å². The zero-order chi connectivity index (χ0) is 28.1. The first kappa shape index (κ1) is 28.6. The summed E-state index contributed by atoms with van der Waals surface area (Å²) in [5, 5.41) is 36.4. The van der Waals surface area contributed by atoms with Crippen molar-refractivity contribution in [1.29, 1.82) is 0 Å². The summed E-state index contributed by atoms with van der Waals surface area (Å²) >= 11 is 0. The van der Waals surface area contributed by atoms with E-state index >= 15 is 0 Å². The van der Waals surface area contributed by atoms with Crippen molar-refractivity contribution >= 4 is 17.6 Å². The lowest BCUT2D eigenvalue weighted by atomic mass is 9.43. The number of amides is 1. The fourth-order valence-electron chi connectivity index (χ4n) is 9.76. The Hall–Kier alpha value is -1.96. The Balaban J connectivity index is 1.25. The molecule has 1 aromatic rings. The van der Waals surface area contributed by atoms with Crippen LogP contribution in [0.3, 0.4) is 0 Å². The topological polar surface area (TPSA) is 116 Å². The van der Waals surface area contributed by atoms with E-state index in [1.54, 1.807) is 24.3 Å². The Morgan fingerprint density at radius 2 is 1.85 bits per heavy atom. The lowest BCUT2D eigenvalue weighted by molar-refractivity contribution is -0.207. The maximum Gasteiger partial charge on any atom is 0.337 e. The van der Waals surface area contributed by atoms with Crippen molar-refractivity contribution in [2.45, 2.75) is 96.9 Å². The van der Waals surface area contributed by atoms with Crippen molar-refractivity contribution in [3.63, 3.8) is 0 Å². The predicted octanol–water partition coefficient (Wildman–Crippen LogP) is 4.79. The van der Waals surface area contributed by atoms with Crippen LogP contribution in [0.25, 0.3) is 0 Å². The van der Waals surface area contributed by atoms with Gasteiger partial charge < -0.3 is 25.4 Å². The number of aliphatic hydroxyl groups is 3. The van der Waals surface area contributed by atoms with Gasteiger partial charge in [0.1, 0.15) is 0 Å². The number of anilines is 1. The maximum absolute atomic E-state index is 12.8. The van der Waals surface area contributed by atoms with Crippen LogP contribution in [0.1, 0.15) is 88.9 Å². The summed E-state index contributed by atoms with van der Waals surface area (Å²) in [6.45, 7) is 6.81. The minimum absolute atomic E-state index is 0.0679. The van der Waals surface area contributed by atoms with E-state index in [2.05, 4.69) is 26.1 Å². The van der Waals surface area contributed by atoms with Crippen molar-refractivity contribution < 1.29 is 29.6 Å². The van der Waals surface area contributed by atoms with E-state index in [0.29, 0.717) is 29.5 Å². The van der Waals surface area contributed by atoms with E-state index in [1.807, 2.05) is 0 Å². The van der Waals surface area contributed by atoms with Gasteiger partial charge >= 0.3 is 5.97 Å². The molecule has 1 amide bonds. The first-order valence-electron chi connectivity index (χ1n) is 15.0. The number of hydrogen-bond donors (Lipinski definition) is 4. The fourth-order valence-corrected chi connectivity index (χ4v) is 9.76. The summed E-state index contributed by atoms with van der Waals surface area (Å²) in [6, 6.07) is 6.76. The van der Waals surface area contributed by atoms with Gasteiger partial charge in [0.15, 0.2) is 0 Å². The molecule has 0 radical (unpaired) electrons. The summed E-state index contributed by atoms with van der Waals surface area (Å²) in [7, 11) is 1.33. The highest BCUT2D eigenvalue weighted by Gasteiger charge is 2.65. The Labute approximate surface area is 232 Å². The van der Waals surface area contributed by atoms with Crippen LogP contribution in [0.4, 0.5) is 5.69 Å². The number of carbonyl (C=O) groups excluding carboxylic acids is 2. The number of nitrogens with one attached hydrogen (secondary N) is 1. The molecule has 1 aromatic carbocycles. The molecular formula is C32H47NO6. The molecule has 0 aromatic heterocycles. The van der Waals surface area contributed by atoms with Gasteiger partial charge in [-0.3, -0.25) is 4.79 Å². The third-order valence-electron chi connectivity index (χ3n) is 11.9. The second-order valence-electron chi connectivity index (χ2n) is 13.7. The molecule has 4 aliphatic carbocycles. The Kier molecular flexibility index (Phi) is 7.90. The minimum atomic E-state index is -0.439. The van der Waals surface area contributed by atoms with E-state index in [4.69, 9.17) is 4.74 Å². The summed E-state index contributed by atoms with van der Waals surface area (Å²) in [6.07, 6.45) is 6.07. The molecule has 0 heterocycles. The van der Waals surface area contributed by atoms with Crippen LogP contribution in [0.5, 0.6) is 0 Å². The van der Waals surface area contributed by atoms with Gasteiger partial charge in [0, 0.05) is 12.1 Å². The van der Waals surface area contributed by atoms with Crippen LogP contribution in [-0.4, -0.2) is 52.6 Å². The van der Waals surface area contributed by atoms with Gasteiger partial charge in [-0.25, -0.2) is 4.79 Å². The highest BCUT2D eigenvalue weighted by molar-refractivity contribution is 5.94. The van der Waals surface area contributed by atoms with Crippen LogP contribution in [0, 0.1) is 46.3 Å². The van der Waals surface area contributed by atoms with Crippen LogP contribution < -0.4 is 5.32 Å². The average Bonchev–Trinajstić information content (AvgIpc) is 3.27. The van der Waals surface area contributed by atoms with Gasteiger partial charge in [0.05, 0.1) is 31.0 Å². The van der Waals surface area contributed by atoms with Crippen molar-refractivity contribution in [2.24, 2.45) is 46.3 Å². The van der Waals surface area contributed by atoms with E-state index in [1.165, 1.54) is 7.11 Å². The molecule has 0 bridgehead atoms. The second-order valence-corrected chi connectivity index (χ2v) is 13.7. The van der Waals surface area contributed by atoms with Gasteiger partial charge in [0.25, 0.3) is 0 Å². The standard InChI is InChI=1S/C32H47NO6/c1-18(8-11-28(37)33-21-7-5-6-19(14-21)30(38)39-4)23-9-10-24-29-25(17-27(36)32(23,24)3)31(2)13-12-22(34)15-20(31)16-26(29)35/h5-7,14,18,20,22-27,29,34-36H,8-13,15-17H2,1-4H3,(H,33,37)/t18-,20?,22-,23-,24?,25?,26-,27+,29?,31+,32-/m1/s1. The quantitative estimate of drug-likeness (QED) is 0.385. The third-order valence-corrected chi connectivity index (χ3v) is 11.9. The van der Waals surface area contributed by atoms with Gasteiger partial charge in [-0.2, -0.15) is 0 Å². The molecule has 216 valence electrons. The maximum atomic E-state index is 12.8. The molecule has 0 saturated heterocycles. The Bertz CT molecular complexity index is 1080. The van der Waals surface area contributed by atoms with Crippen molar-refractivity contribution in [2.75, 3.05) is 12.4 Å². The molecule has 11 atom stereocenters. The highest BCUT2D eigenvalue weighted by Crippen LogP contribution is 2.68. The number of benzene rings is 1. The number of esters is 1. The second kappa shape index (κ2) is 10.8. The monoisotopic (exact) mass is 541 g/mol. The molecule has 4 fully saturated rings. The van der Waals surface area contributed by atoms with Crippen molar-refractivity contribution in [3.05, 3.63) is 29.8 Å². The van der Waals surface area contributed by atoms with Crippen molar-refractivity contribution in [1.82, 2.24) is 0 Å². The largest absolute Gasteiger partial charge is 0.465 e. The normalized spacial score (nSPS) is 42.0. The predicted molar refractivity (Wildman–Crippen MR) is 149 cm³/mol. The molecule has 4 saturated carbocycles. The summed E-state index contributed by atoms with van der Waals surface area (Å²) in [5.41, 5.74) is 0.765. The van der Waals surface area contributed by atoms with Gasteiger partial charge in [0.2, 0.25) is 5.91 Å². The molecule has 4 N–H and O–H groups in total. The summed E-state index contributed by atoms with van der Waals surface area (Å²) in [4.78, 5) is 24.6. The number of rotatable bonds is 6. The number of methoxy groups -OCH3 is 1. The van der Waals surface area contributed by atoms with Crippen molar-refractivity contribution in [3.8, 4) is 0 Å². The highest BCUT2D eigenvalue weighted by atomic mass is 16.5. The smallest absolute Gasteiger partial charge is 0.337 e. The minimum Gasteiger partial charge on any atom is -0.465 e. The zero-order valence-electron chi connectivity index (χ0n) is 23.9. The zero-order valence-corrected chi connectivity index (χ0v) is 23.9. The van der Waals surface area contributed by atoms with Crippen LogP contribution in [0.2, 0.25) is 0 Å². The van der Waals surface area contributed by atoms with E-state index in [9.17, 15) is 24.9 Å². The lowest BCUT2D eigenvalue weighted by Gasteiger charge is -2.63. The number of hydrogen-bond acceptors (Lipinski definition) is 6. The SMILES string of the molecule is COC(=O)c1cccc(NC(=O)CC[C@@H](C)[C@H]2CCC3C4C(C[C@H](O)[C@@]32C)[C@@]2(C)CC[C@@H](O)CC2C[C@H]4O)c1. The van der Waals surface area contributed by atoms with E-state index in [0.717, 1.165) is 51.4 Å². The summed E-state index contributed by atoms with van der Waals surface area (Å²) < 4.78 is 4.77. The molecule has 4 unspecified atom stereocenters. The number of carbonyl (C=O) groups is 2. The van der Waals surface area contributed by atoms with E-state index < -0.39 is 12.1 Å². The Morgan fingerprint density at radius 3 is 2.59 bits per heavy atom. The van der Waals surface area contributed by atoms with E-state index in [-0.39, 0.29) is 52.6 Å². The molecule has 5 rings (SSSR count). The van der Waals surface area contributed by atoms with Crippen LogP contribution in [-0.2, 0) is 9.53 Å². The summed E-state index contributed by atoms with van der Waals surface area (Å²) in [5.74, 6) is 1.09. The lowest BCUT2D eigenvalue weighted by Crippen LogP contribution is -2.62. The molecular weight excluding hydrogens is 494 g/mol. The molecule has 0 spiro atoms. The fraction of sp³-hybridized carbons (Fsp3) is 0.750. The molecule has 4 aliphatic rings. The molecule has 0 aliphatic heterocycles. The number of aliphatic hydroxyl groups excluding tert-OH is 3.